The monoisotopic (exact) mass is 463 g/mol. The number of aromatic nitrogens is 1. The zero-order chi connectivity index (χ0) is 23.8. The Labute approximate surface area is 200 Å². The molecule has 4 heterocycles. The maximum atomic E-state index is 12.4. The lowest BCUT2D eigenvalue weighted by molar-refractivity contribution is 0.0963. The number of carbonyl (C=O) groups is 2. The zero-order valence-electron chi connectivity index (χ0n) is 20.2. The molecule has 0 aliphatic carbocycles. The molecule has 1 aromatic carbocycles. The van der Waals surface area contributed by atoms with Crippen molar-refractivity contribution in [2.75, 3.05) is 69.0 Å². The van der Waals surface area contributed by atoms with Crippen LogP contribution < -0.4 is 20.4 Å². The summed E-state index contributed by atoms with van der Waals surface area (Å²) in [6, 6.07) is 8.14. The summed E-state index contributed by atoms with van der Waals surface area (Å²) in [4.78, 5) is 38.0. The highest BCUT2D eigenvalue weighted by Crippen LogP contribution is 2.39. The second-order valence-electron chi connectivity index (χ2n) is 9.50. The molecule has 1 unspecified atom stereocenters. The molecule has 0 bridgehead atoms. The summed E-state index contributed by atoms with van der Waals surface area (Å²) >= 11 is 0. The van der Waals surface area contributed by atoms with Crippen LogP contribution in [0.5, 0.6) is 0 Å². The van der Waals surface area contributed by atoms with Crippen LogP contribution in [0.4, 0.5) is 21.9 Å². The number of anilines is 3. The highest BCUT2D eigenvalue weighted by atomic mass is 16.2. The Morgan fingerprint density at radius 2 is 1.97 bits per heavy atom. The molecular weight excluding hydrogens is 430 g/mol. The van der Waals surface area contributed by atoms with Gasteiger partial charge in [0.1, 0.15) is 0 Å². The largest absolute Gasteiger partial charge is 0.376 e. The minimum atomic E-state index is -0.0741. The molecule has 34 heavy (non-hydrogen) atoms. The summed E-state index contributed by atoms with van der Waals surface area (Å²) in [5, 5.41) is 5.73. The molecule has 2 N–H and O–H groups in total. The van der Waals surface area contributed by atoms with Crippen molar-refractivity contribution in [3.8, 4) is 0 Å². The van der Waals surface area contributed by atoms with E-state index in [0.717, 1.165) is 80.4 Å². The first-order valence-corrected chi connectivity index (χ1v) is 12.0. The number of carbonyl (C=O) groups excluding carboxylic acids is 2. The maximum Gasteiger partial charge on any atom is 0.322 e. The fraction of sp³-hybridized carbons (Fsp3) is 0.480. The van der Waals surface area contributed by atoms with Crippen LogP contribution in [0.1, 0.15) is 40.5 Å². The van der Waals surface area contributed by atoms with Crippen molar-refractivity contribution in [1.82, 2.24) is 20.1 Å². The van der Waals surface area contributed by atoms with Crippen molar-refractivity contribution < 1.29 is 9.59 Å². The Balaban J connectivity index is 1.25. The third-order valence-electron chi connectivity index (χ3n) is 7.11. The minimum absolute atomic E-state index is 0.00157. The number of rotatable bonds is 5. The summed E-state index contributed by atoms with van der Waals surface area (Å²) in [6.45, 7) is 5.31. The van der Waals surface area contributed by atoms with Gasteiger partial charge in [-0.05, 0) is 42.7 Å². The Morgan fingerprint density at radius 1 is 1.18 bits per heavy atom. The van der Waals surface area contributed by atoms with Gasteiger partial charge < -0.3 is 25.3 Å². The lowest BCUT2D eigenvalue weighted by Gasteiger charge is -2.38. The molecule has 0 radical (unpaired) electrons. The second-order valence-corrected chi connectivity index (χ2v) is 9.50. The highest BCUT2D eigenvalue weighted by Gasteiger charge is 2.37. The van der Waals surface area contributed by atoms with Crippen LogP contribution in [-0.2, 0) is 6.54 Å². The van der Waals surface area contributed by atoms with E-state index in [1.165, 1.54) is 0 Å². The molecular formula is C25H33N7O2. The number of amides is 3. The van der Waals surface area contributed by atoms with E-state index in [2.05, 4.69) is 37.5 Å². The molecule has 0 spiro atoms. The Morgan fingerprint density at radius 3 is 2.71 bits per heavy atom. The minimum Gasteiger partial charge on any atom is -0.376 e. The van der Waals surface area contributed by atoms with Gasteiger partial charge in [0.05, 0.1) is 28.8 Å². The average Bonchev–Trinajstić information content (AvgIpc) is 3.34. The van der Waals surface area contributed by atoms with Gasteiger partial charge in [0, 0.05) is 72.2 Å². The summed E-state index contributed by atoms with van der Waals surface area (Å²) in [5.41, 5.74) is 5.86. The first-order chi connectivity index (χ1) is 16.4. The lowest BCUT2D eigenvalue weighted by Crippen LogP contribution is -2.46. The van der Waals surface area contributed by atoms with Gasteiger partial charge >= 0.3 is 6.03 Å². The maximum absolute atomic E-state index is 12.4. The van der Waals surface area contributed by atoms with E-state index in [1.54, 1.807) is 7.05 Å². The first kappa shape index (κ1) is 22.5. The molecule has 9 nitrogen and oxygen atoms in total. The smallest absolute Gasteiger partial charge is 0.322 e. The third-order valence-corrected chi connectivity index (χ3v) is 7.11. The van der Waals surface area contributed by atoms with Gasteiger partial charge in [0.25, 0.3) is 5.91 Å². The number of nitrogens with one attached hydrogen (secondary N) is 2. The number of benzene rings is 1. The Hall–Kier alpha value is -3.33. The number of piperazine rings is 1. The zero-order valence-corrected chi connectivity index (χ0v) is 20.2. The van der Waals surface area contributed by atoms with E-state index in [0.29, 0.717) is 5.56 Å². The lowest BCUT2D eigenvalue weighted by atomic mass is 10.1. The van der Waals surface area contributed by atoms with Crippen LogP contribution in [0.25, 0.3) is 0 Å². The second kappa shape index (κ2) is 9.13. The van der Waals surface area contributed by atoms with Gasteiger partial charge in [-0.3, -0.25) is 14.7 Å². The molecule has 1 atom stereocenters. The molecule has 2 aromatic rings. The van der Waals surface area contributed by atoms with Crippen molar-refractivity contribution in [2.45, 2.75) is 25.4 Å². The summed E-state index contributed by atoms with van der Waals surface area (Å²) < 4.78 is 0. The quantitative estimate of drug-likeness (QED) is 0.709. The predicted molar refractivity (Wildman–Crippen MR) is 134 cm³/mol. The van der Waals surface area contributed by atoms with Crippen molar-refractivity contribution in [3.63, 3.8) is 0 Å². The van der Waals surface area contributed by atoms with Crippen molar-refractivity contribution in [1.29, 1.82) is 0 Å². The van der Waals surface area contributed by atoms with Gasteiger partial charge in [-0.1, -0.05) is 0 Å². The van der Waals surface area contributed by atoms with E-state index in [9.17, 15) is 9.59 Å². The van der Waals surface area contributed by atoms with Gasteiger partial charge in [0.15, 0.2) is 0 Å². The average molecular weight is 464 g/mol. The van der Waals surface area contributed by atoms with Crippen LogP contribution in [0, 0.1) is 0 Å². The van der Waals surface area contributed by atoms with E-state index in [-0.39, 0.29) is 18.0 Å². The molecule has 180 valence electrons. The fourth-order valence-corrected chi connectivity index (χ4v) is 5.29. The topological polar surface area (TPSA) is 84.0 Å². The van der Waals surface area contributed by atoms with E-state index in [4.69, 9.17) is 4.98 Å². The predicted octanol–water partition coefficient (Wildman–Crippen LogP) is 2.51. The molecule has 3 aliphatic heterocycles. The number of hydrogen-bond acceptors (Lipinski definition) is 6. The normalized spacial score (nSPS) is 20.0. The fourth-order valence-electron chi connectivity index (χ4n) is 5.29. The Kier molecular flexibility index (Phi) is 6.03. The van der Waals surface area contributed by atoms with Crippen LogP contribution >= 0.6 is 0 Å². The number of urea groups is 1. The first-order valence-electron chi connectivity index (χ1n) is 12.0. The van der Waals surface area contributed by atoms with Crippen molar-refractivity contribution >= 4 is 29.0 Å². The van der Waals surface area contributed by atoms with E-state index < -0.39 is 0 Å². The van der Waals surface area contributed by atoms with Crippen LogP contribution in [0.15, 0.2) is 30.5 Å². The molecule has 0 saturated carbocycles. The van der Waals surface area contributed by atoms with Gasteiger partial charge in [0.2, 0.25) is 0 Å². The Bertz CT molecular complexity index is 1090. The molecule has 9 heteroatoms. The SMILES string of the molecule is CNC(=O)c1ccc(N2CCN(Cc3cnc4c(c3)NC(=O)N3CCCC43)CC2)c(N(C)C)c1. The van der Waals surface area contributed by atoms with Crippen molar-refractivity contribution in [3.05, 3.63) is 47.3 Å². The number of fused-ring (bicyclic) bond motifs is 3. The molecule has 2 fully saturated rings. The van der Waals surface area contributed by atoms with Gasteiger partial charge in [-0.2, -0.15) is 0 Å². The van der Waals surface area contributed by atoms with E-state index >= 15 is 0 Å². The molecule has 1 aromatic heterocycles. The third kappa shape index (κ3) is 4.16. The number of nitrogens with zero attached hydrogens (tertiary/aromatic N) is 5. The number of pyridine rings is 1. The molecule has 2 saturated heterocycles. The molecule has 3 aliphatic rings. The van der Waals surface area contributed by atoms with Crippen LogP contribution in [0.2, 0.25) is 0 Å². The van der Waals surface area contributed by atoms with Crippen LogP contribution in [-0.4, -0.2) is 80.6 Å². The van der Waals surface area contributed by atoms with E-state index in [1.807, 2.05) is 37.3 Å². The summed E-state index contributed by atoms with van der Waals surface area (Å²) in [7, 11) is 5.67. The van der Waals surface area contributed by atoms with Crippen molar-refractivity contribution in [2.24, 2.45) is 0 Å². The molecule has 5 rings (SSSR count). The summed E-state index contributed by atoms with van der Waals surface area (Å²) in [5.74, 6) is -0.0741. The summed E-state index contributed by atoms with van der Waals surface area (Å²) in [6.07, 6.45) is 4.00. The standard InChI is InChI=1S/C25H33N7O2/c1-26-24(33)18-6-7-20(22(14-18)29(2)3)31-11-9-30(10-12-31)16-17-13-19-23(27-15-17)21-5-4-8-32(21)25(34)28-19/h6-7,13-15,21H,4-5,8-12,16H2,1-3H3,(H,26,33)(H,28,34). The van der Waals surface area contributed by atoms with Gasteiger partial charge in [-0.15, -0.1) is 0 Å². The highest BCUT2D eigenvalue weighted by molar-refractivity contribution is 5.96. The number of hydrogen-bond donors (Lipinski definition) is 2. The van der Waals surface area contributed by atoms with Crippen LogP contribution in [0.3, 0.4) is 0 Å². The molecule has 3 amide bonds. The van der Waals surface area contributed by atoms with Gasteiger partial charge in [-0.25, -0.2) is 4.79 Å².